The first-order valence-corrected chi connectivity index (χ1v) is 10.3. The molecule has 1 aromatic heterocycles. The second-order valence-electron chi connectivity index (χ2n) is 7.59. The number of methoxy groups -OCH3 is 1. The predicted octanol–water partition coefficient (Wildman–Crippen LogP) is 6.14. The molecule has 4 heteroatoms. The Labute approximate surface area is 182 Å². The quantitative estimate of drug-likeness (QED) is 0.307. The smallest absolute Gasteiger partial charge is 0.187 e. The van der Waals surface area contributed by atoms with Crippen LogP contribution in [0.3, 0.4) is 0 Å². The average molecular weight is 411 g/mol. The lowest BCUT2D eigenvalue weighted by molar-refractivity contribution is 0.104. The molecular formula is C27H26N2O2. The highest BCUT2D eigenvalue weighted by molar-refractivity contribution is 6.10. The Balaban J connectivity index is 1.83. The van der Waals surface area contributed by atoms with Gasteiger partial charge in [-0.05, 0) is 31.0 Å². The maximum absolute atomic E-state index is 12.9. The van der Waals surface area contributed by atoms with E-state index in [-0.39, 0.29) is 5.78 Å². The fourth-order valence-electron chi connectivity index (χ4n) is 3.90. The Kier molecular flexibility index (Phi) is 5.63. The molecule has 31 heavy (non-hydrogen) atoms. The predicted molar refractivity (Wildman–Crippen MR) is 128 cm³/mol. The molecule has 0 saturated heterocycles. The number of allylic oxidation sites excluding steroid dienone is 1. The highest BCUT2D eigenvalue weighted by Gasteiger charge is 2.17. The molecule has 4 rings (SSSR count). The fourth-order valence-corrected chi connectivity index (χ4v) is 3.90. The number of fused-ring (bicyclic) bond motifs is 1. The number of anilines is 1. The van der Waals surface area contributed by atoms with Crippen molar-refractivity contribution in [1.29, 1.82) is 0 Å². The van der Waals surface area contributed by atoms with Crippen LogP contribution in [-0.2, 0) is 7.05 Å². The second-order valence-corrected chi connectivity index (χ2v) is 7.59. The van der Waals surface area contributed by atoms with Crippen molar-refractivity contribution in [2.24, 2.45) is 7.05 Å². The minimum absolute atomic E-state index is 0.0578. The number of carbonyl (C=O) groups excluding carboxylic acids is 1. The fraction of sp³-hybridized carbons (Fsp3) is 0.148. The van der Waals surface area contributed by atoms with Crippen LogP contribution in [0.25, 0.3) is 16.6 Å². The van der Waals surface area contributed by atoms with E-state index in [1.54, 1.807) is 13.2 Å². The van der Waals surface area contributed by atoms with E-state index in [1.807, 2.05) is 73.8 Å². The lowest BCUT2D eigenvalue weighted by Crippen LogP contribution is -2.05. The summed E-state index contributed by atoms with van der Waals surface area (Å²) in [7, 11) is 3.72. The molecule has 0 aliphatic carbocycles. The number of rotatable bonds is 6. The lowest BCUT2D eigenvalue weighted by Gasteiger charge is -2.16. The van der Waals surface area contributed by atoms with Gasteiger partial charge >= 0.3 is 0 Å². The number of hydrogen-bond acceptors (Lipinski definition) is 3. The molecule has 0 fully saturated rings. The first kappa shape index (κ1) is 20.5. The standard InChI is InChI=1S/C27H26N2O2/c1-18-19(2)29(3)26-22(18)15-16-23(27(26)31-4)28-24(20-11-7-5-8-12-20)17-25(30)21-13-9-6-10-14-21/h5-17,28H,1-4H3/b24-17-. The normalized spacial score (nSPS) is 11.5. The molecule has 156 valence electrons. The molecule has 0 amide bonds. The maximum Gasteiger partial charge on any atom is 0.187 e. The monoisotopic (exact) mass is 410 g/mol. The Bertz CT molecular complexity index is 1270. The summed E-state index contributed by atoms with van der Waals surface area (Å²) in [5, 5.41) is 4.63. The summed E-state index contributed by atoms with van der Waals surface area (Å²) >= 11 is 0. The van der Waals surface area contributed by atoms with Gasteiger partial charge in [0, 0.05) is 35.5 Å². The Morgan fingerprint density at radius 3 is 2.13 bits per heavy atom. The number of carbonyl (C=O) groups is 1. The van der Waals surface area contributed by atoms with Gasteiger partial charge in [-0.2, -0.15) is 0 Å². The average Bonchev–Trinajstić information content (AvgIpc) is 3.03. The van der Waals surface area contributed by atoms with Gasteiger partial charge in [-0.3, -0.25) is 4.79 Å². The molecule has 0 unspecified atom stereocenters. The maximum atomic E-state index is 12.9. The van der Waals surface area contributed by atoms with Gasteiger partial charge in [-0.25, -0.2) is 0 Å². The summed E-state index contributed by atoms with van der Waals surface area (Å²) in [4.78, 5) is 12.9. The van der Waals surface area contributed by atoms with Crippen LogP contribution >= 0.6 is 0 Å². The third kappa shape index (κ3) is 3.84. The molecule has 0 saturated carbocycles. The number of aryl methyl sites for hydroxylation is 2. The van der Waals surface area contributed by atoms with E-state index in [9.17, 15) is 4.79 Å². The summed E-state index contributed by atoms with van der Waals surface area (Å²) in [5.41, 5.74) is 6.57. The van der Waals surface area contributed by atoms with Gasteiger partial charge in [0.1, 0.15) is 0 Å². The largest absolute Gasteiger partial charge is 0.492 e. The van der Waals surface area contributed by atoms with Crippen LogP contribution in [-0.4, -0.2) is 17.5 Å². The Morgan fingerprint density at radius 1 is 0.903 bits per heavy atom. The molecule has 0 spiro atoms. The summed E-state index contributed by atoms with van der Waals surface area (Å²) in [6.45, 7) is 4.23. The molecule has 0 aliphatic rings. The van der Waals surface area contributed by atoms with Crippen molar-refractivity contribution in [2.45, 2.75) is 13.8 Å². The summed E-state index contributed by atoms with van der Waals surface area (Å²) in [5.74, 6) is 0.697. The van der Waals surface area contributed by atoms with Crippen molar-refractivity contribution in [1.82, 2.24) is 4.57 Å². The van der Waals surface area contributed by atoms with Gasteiger partial charge in [0.15, 0.2) is 11.5 Å². The molecule has 4 nitrogen and oxygen atoms in total. The van der Waals surface area contributed by atoms with Gasteiger partial charge in [0.25, 0.3) is 0 Å². The zero-order valence-electron chi connectivity index (χ0n) is 18.3. The van der Waals surface area contributed by atoms with Crippen molar-refractivity contribution in [3.63, 3.8) is 0 Å². The van der Waals surface area contributed by atoms with Crippen molar-refractivity contribution < 1.29 is 9.53 Å². The molecule has 3 aromatic carbocycles. The van der Waals surface area contributed by atoms with Crippen LogP contribution in [0, 0.1) is 13.8 Å². The molecular weight excluding hydrogens is 384 g/mol. The molecule has 0 bridgehead atoms. The highest BCUT2D eigenvalue weighted by atomic mass is 16.5. The zero-order chi connectivity index (χ0) is 22.0. The summed E-state index contributed by atoms with van der Waals surface area (Å²) in [6, 6.07) is 23.3. The van der Waals surface area contributed by atoms with Gasteiger partial charge in [-0.15, -0.1) is 0 Å². The Hall–Kier alpha value is -3.79. The van der Waals surface area contributed by atoms with Crippen LogP contribution in [0.1, 0.15) is 27.2 Å². The van der Waals surface area contributed by atoms with Gasteiger partial charge in [0.2, 0.25) is 0 Å². The van der Waals surface area contributed by atoms with Crippen LogP contribution in [0.5, 0.6) is 5.75 Å². The SMILES string of the molecule is COc1c(N/C(=C\C(=O)c2ccccc2)c2ccccc2)ccc2c(C)c(C)n(C)c12. The van der Waals surface area contributed by atoms with Crippen LogP contribution in [0.2, 0.25) is 0 Å². The topological polar surface area (TPSA) is 43.3 Å². The number of aromatic nitrogens is 1. The number of ether oxygens (including phenoxy) is 1. The molecule has 0 aliphatic heterocycles. The van der Waals surface area contributed by atoms with Crippen LogP contribution < -0.4 is 10.1 Å². The first-order valence-electron chi connectivity index (χ1n) is 10.3. The van der Waals surface area contributed by atoms with Crippen molar-refractivity contribution in [2.75, 3.05) is 12.4 Å². The molecule has 0 atom stereocenters. The van der Waals surface area contributed by atoms with E-state index in [0.717, 1.165) is 33.6 Å². The van der Waals surface area contributed by atoms with E-state index in [0.29, 0.717) is 5.56 Å². The highest BCUT2D eigenvalue weighted by Crippen LogP contribution is 2.38. The summed E-state index contributed by atoms with van der Waals surface area (Å²) < 4.78 is 7.99. The van der Waals surface area contributed by atoms with E-state index < -0.39 is 0 Å². The van der Waals surface area contributed by atoms with Crippen molar-refractivity contribution in [3.8, 4) is 5.75 Å². The van der Waals surface area contributed by atoms with E-state index in [1.165, 1.54) is 11.3 Å². The van der Waals surface area contributed by atoms with Crippen molar-refractivity contribution >= 4 is 28.1 Å². The first-order chi connectivity index (χ1) is 15.0. The van der Waals surface area contributed by atoms with Gasteiger partial charge < -0.3 is 14.6 Å². The van der Waals surface area contributed by atoms with Crippen LogP contribution in [0.15, 0.2) is 78.9 Å². The molecule has 0 radical (unpaired) electrons. The number of hydrogen-bond donors (Lipinski definition) is 1. The third-order valence-electron chi connectivity index (χ3n) is 5.81. The molecule has 1 N–H and O–H groups in total. The van der Waals surface area contributed by atoms with E-state index in [4.69, 9.17) is 4.74 Å². The minimum Gasteiger partial charge on any atom is -0.492 e. The van der Waals surface area contributed by atoms with Gasteiger partial charge in [-0.1, -0.05) is 66.7 Å². The number of nitrogens with one attached hydrogen (secondary N) is 1. The zero-order valence-corrected chi connectivity index (χ0v) is 18.3. The number of benzene rings is 3. The Morgan fingerprint density at radius 2 is 1.52 bits per heavy atom. The minimum atomic E-state index is -0.0578. The number of nitrogens with zero attached hydrogens (tertiary/aromatic N) is 1. The van der Waals surface area contributed by atoms with E-state index in [2.05, 4.69) is 29.8 Å². The molecule has 1 heterocycles. The summed E-state index contributed by atoms with van der Waals surface area (Å²) in [6.07, 6.45) is 1.65. The van der Waals surface area contributed by atoms with E-state index >= 15 is 0 Å². The molecule has 4 aromatic rings. The second kappa shape index (κ2) is 8.52. The van der Waals surface area contributed by atoms with Crippen LogP contribution in [0.4, 0.5) is 5.69 Å². The third-order valence-corrected chi connectivity index (χ3v) is 5.81. The van der Waals surface area contributed by atoms with Crippen molar-refractivity contribution in [3.05, 3.63) is 101 Å². The lowest BCUT2D eigenvalue weighted by atomic mass is 10.1. The number of ketones is 1. The van der Waals surface area contributed by atoms with Gasteiger partial charge in [0.05, 0.1) is 18.3 Å².